The van der Waals surface area contributed by atoms with E-state index in [9.17, 15) is 18.0 Å². The van der Waals surface area contributed by atoms with Gasteiger partial charge in [-0.05, 0) is 49.8 Å². The predicted octanol–water partition coefficient (Wildman–Crippen LogP) is 2.67. The molecule has 32 heavy (non-hydrogen) atoms. The summed E-state index contributed by atoms with van der Waals surface area (Å²) < 4.78 is 33.7. The molecule has 1 heterocycles. The molecule has 1 aliphatic carbocycles. The zero-order valence-electron chi connectivity index (χ0n) is 18.2. The van der Waals surface area contributed by atoms with Crippen LogP contribution in [-0.4, -0.2) is 57.4 Å². The van der Waals surface area contributed by atoms with Gasteiger partial charge in [0.15, 0.2) is 0 Å². The van der Waals surface area contributed by atoms with E-state index in [2.05, 4.69) is 15.4 Å². The second-order valence-electron chi connectivity index (χ2n) is 8.31. The molecular formula is C21H31ClN4O5S. The van der Waals surface area contributed by atoms with E-state index in [0.717, 1.165) is 32.1 Å². The molecule has 2 fully saturated rings. The maximum atomic E-state index is 12.6. The lowest BCUT2D eigenvalue weighted by molar-refractivity contribution is 0.0938. The van der Waals surface area contributed by atoms with Crippen LogP contribution < -0.4 is 20.1 Å². The van der Waals surface area contributed by atoms with Crippen molar-refractivity contribution in [3.8, 4) is 5.75 Å². The maximum absolute atomic E-state index is 12.6. The Morgan fingerprint density at radius 3 is 2.47 bits per heavy atom. The van der Waals surface area contributed by atoms with Crippen LogP contribution in [0.25, 0.3) is 0 Å². The minimum atomic E-state index is -3.89. The van der Waals surface area contributed by atoms with Crippen molar-refractivity contribution in [2.24, 2.45) is 5.92 Å². The Balaban J connectivity index is 1.44. The summed E-state index contributed by atoms with van der Waals surface area (Å²) in [5.41, 5.74) is 0.355. The predicted molar refractivity (Wildman–Crippen MR) is 122 cm³/mol. The van der Waals surface area contributed by atoms with Crippen molar-refractivity contribution in [3.05, 3.63) is 28.8 Å². The second-order valence-corrected chi connectivity index (χ2v) is 10.4. The number of hydrogen-bond acceptors (Lipinski definition) is 5. The number of amides is 3. The summed E-state index contributed by atoms with van der Waals surface area (Å²) in [6.07, 6.45) is 6.17. The molecule has 1 saturated carbocycles. The minimum absolute atomic E-state index is 0.0337. The first-order valence-electron chi connectivity index (χ1n) is 11.0. The lowest BCUT2D eigenvalue weighted by Gasteiger charge is -2.31. The molecule has 3 N–H and O–H groups in total. The Morgan fingerprint density at radius 2 is 1.81 bits per heavy atom. The number of methoxy groups -OCH3 is 1. The normalized spacial score (nSPS) is 18.7. The maximum Gasteiger partial charge on any atom is 0.329 e. The van der Waals surface area contributed by atoms with E-state index in [-0.39, 0.29) is 31.0 Å². The quantitative estimate of drug-likeness (QED) is 0.547. The lowest BCUT2D eigenvalue weighted by atomic mass is 9.96. The van der Waals surface area contributed by atoms with Crippen molar-refractivity contribution in [2.45, 2.75) is 51.0 Å². The summed E-state index contributed by atoms with van der Waals surface area (Å²) in [7, 11) is -2.41. The zero-order chi connectivity index (χ0) is 23.1. The van der Waals surface area contributed by atoms with E-state index in [1.165, 1.54) is 11.4 Å². The molecule has 3 amide bonds. The summed E-state index contributed by atoms with van der Waals surface area (Å²) in [6, 6.07) is 4.21. The molecule has 2 aliphatic rings. The van der Waals surface area contributed by atoms with E-state index in [4.69, 9.17) is 16.3 Å². The van der Waals surface area contributed by atoms with Crippen LogP contribution >= 0.6 is 11.6 Å². The van der Waals surface area contributed by atoms with Crippen molar-refractivity contribution in [3.63, 3.8) is 0 Å². The van der Waals surface area contributed by atoms with Gasteiger partial charge in [0, 0.05) is 30.7 Å². The van der Waals surface area contributed by atoms with Crippen molar-refractivity contribution >= 4 is 33.7 Å². The van der Waals surface area contributed by atoms with Gasteiger partial charge in [-0.25, -0.2) is 9.52 Å². The largest absolute Gasteiger partial charge is 0.496 e. The van der Waals surface area contributed by atoms with Gasteiger partial charge < -0.3 is 15.4 Å². The van der Waals surface area contributed by atoms with Crippen LogP contribution in [0, 0.1) is 5.92 Å². The molecule has 1 aromatic rings. The Hall–Kier alpha value is -2.04. The third kappa shape index (κ3) is 6.73. The van der Waals surface area contributed by atoms with Crippen LogP contribution in [0.15, 0.2) is 18.2 Å². The monoisotopic (exact) mass is 486 g/mol. The zero-order valence-corrected chi connectivity index (χ0v) is 19.8. The molecular weight excluding hydrogens is 456 g/mol. The van der Waals surface area contributed by atoms with E-state index in [1.54, 1.807) is 18.2 Å². The topological polar surface area (TPSA) is 117 Å². The number of urea groups is 1. The molecule has 0 unspecified atom stereocenters. The number of carbonyl (C=O) groups excluding carboxylic acids is 2. The molecule has 0 spiro atoms. The van der Waals surface area contributed by atoms with Gasteiger partial charge in [-0.3, -0.25) is 4.79 Å². The highest BCUT2D eigenvalue weighted by atomic mass is 35.5. The van der Waals surface area contributed by atoms with Gasteiger partial charge in [-0.15, -0.1) is 0 Å². The number of nitrogens with zero attached hydrogens (tertiary/aromatic N) is 1. The summed E-state index contributed by atoms with van der Waals surface area (Å²) in [5, 5.41) is 6.08. The number of carbonyl (C=O) groups is 2. The number of nitrogens with one attached hydrogen (secondary N) is 3. The molecule has 178 valence electrons. The van der Waals surface area contributed by atoms with Crippen LogP contribution in [0.3, 0.4) is 0 Å². The molecule has 9 nitrogen and oxygen atoms in total. The fourth-order valence-electron chi connectivity index (χ4n) is 4.19. The van der Waals surface area contributed by atoms with E-state index in [0.29, 0.717) is 35.7 Å². The van der Waals surface area contributed by atoms with Gasteiger partial charge in [0.1, 0.15) is 5.75 Å². The molecule has 1 saturated heterocycles. The van der Waals surface area contributed by atoms with E-state index >= 15 is 0 Å². The van der Waals surface area contributed by atoms with Crippen LogP contribution in [0.2, 0.25) is 5.02 Å². The van der Waals surface area contributed by atoms with Crippen molar-refractivity contribution in [1.82, 2.24) is 19.7 Å². The molecule has 0 aromatic heterocycles. The SMILES string of the molecule is COc1ccc(Cl)cc1C(=O)NCC1CCN(S(=O)(=O)NC(=O)NC2CCCCC2)CC1. The molecule has 1 aliphatic heterocycles. The number of ether oxygens (including phenoxy) is 1. The number of rotatable bonds is 7. The van der Waals surface area contributed by atoms with Gasteiger partial charge in [0.2, 0.25) is 0 Å². The Morgan fingerprint density at radius 1 is 1.12 bits per heavy atom. The van der Waals surface area contributed by atoms with Crippen LogP contribution in [0.4, 0.5) is 4.79 Å². The Kier molecular flexibility index (Phi) is 8.61. The molecule has 0 bridgehead atoms. The number of halogens is 1. The summed E-state index contributed by atoms with van der Waals surface area (Å²) in [5.74, 6) is 0.275. The van der Waals surface area contributed by atoms with Gasteiger partial charge in [0.05, 0.1) is 12.7 Å². The van der Waals surface area contributed by atoms with Gasteiger partial charge in [-0.1, -0.05) is 30.9 Å². The summed E-state index contributed by atoms with van der Waals surface area (Å²) in [4.78, 5) is 24.6. The van der Waals surface area contributed by atoms with Crippen molar-refractivity contribution in [1.29, 1.82) is 0 Å². The Labute approximate surface area is 194 Å². The Bertz CT molecular complexity index is 913. The summed E-state index contributed by atoms with van der Waals surface area (Å²) >= 11 is 5.98. The summed E-state index contributed by atoms with van der Waals surface area (Å²) in [6.45, 7) is 0.984. The van der Waals surface area contributed by atoms with E-state index < -0.39 is 16.2 Å². The van der Waals surface area contributed by atoms with E-state index in [1.807, 2.05) is 0 Å². The highest BCUT2D eigenvalue weighted by Crippen LogP contribution is 2.23. The first-order valence-corrected chi connectivity index (χ1v) is 12.8. The van der Waals surface area contributed by atoms with Crippen molar-refractivity contribution < 1.29 is 22.7 Å². The van der Waals surface area contributed by atoms with Gasteiger partial charge in [-0.2, -0.15) is 12.7 Å². The smallest absolute Gasteiger partial charge is 0.329 e. The highest BCUT2D eigenvalue weighted by Gasteiger charge is 2.30. The first-order chi connectivity index (χ1) is 15.3. The number of piperidine rings is 1. The first kappa shape index (κ1) is 24.6. The van der Waals surface area contributed by atoms with Crippen molar-refractivity contribution in [2.75, 3.05) is 26.7 Å². The van der Waals surface area contributed by atoms with Crippen LogP contribution in [0.1, 0.15) is 55.3 Å². The molecule has 0 atom stereocenters. The fraction of sp³-hybridized carbons (Fsp3) is 0.619. The fourth-order valence-corrected chi connectivity index (χ4v) is 5.47. The average molecular weight is 487 g/mol. The standard InChI is InChI=1S/C21H31ClN4O5S/c1-31-19-8-7-16(22)13-18(19)20(27)23-14-15-9-11-26(12-10-15)32(29,30)25-21(28)24-17-5-3-2-4-6-17/h7-8,13,15,17H,2-6,9-12,14H2,1H3,(H,23,27)(H2,24,25,28). The second kappa shape index (κ2) is 11.2. The third-order valence-electron chi connectivity index (χ3n) is 6.03. The minimum Gasteiger partial charge on any atom is -0.496 e. The molecule has 3 rings (SSSR count). The number of benzene rings is 1. The van der Waals surface area contributed by atoms with Crippen LogP contribution in [-0.2, 0) is 10.2 Å². The van der Waals surface area contributed by atoms with Crippen LogP contribution in [0.5, 0.6) is 5.75 Å². The number of hydrogen-bond donors (Lipinski definition) is 3. The third-order valence-corrected chi connectivity index (χ3v) is 7.76. The van der Waals surface area contributed by atoms with Gasteiger partial charge >= 0.3 is 16.2 Å². The highest BCUT2D eigenvalue weighted by molar-refractivity contribution is 7.87. The molecule has 11 heteroatoms. The molecule has 0 radical (unpaired) electrons. The molecule has 1 aromatic carbocycles. The lowest BCUT2D eigenvalue weighted by Crippen LogP contribution is -2.52. The average Bonchev–Trinajstić information content (AvgIpc) is 2.78. The van der Waals surface area contributed by atoms with Gasteiger partial charge in [0.25, 0.3) is 5.91 Å².